The van der Waals surface area contributed by atoms with Gasteiger partial charge >= 0.3 is 0 Å². The monoisotopic (exact) mass is 310 g/mol. The van der Waals surface area contributed by atoms with Crippen LogP contribution in [-0.4, -0.2) is 36.3 Å². The highest BCUT2D eigenvalue weighted by molar-refractivity contribution is 5.73. The predicted molar refractivity (Wildman–Crippen MR) is 96.6 cm³/mol. The summed E-state index contributed by atoms with van der Waals surface area (Å²) in [5, 5.41) is 10.3. The molecule has 0 amide bonds. The number of phenols is 1. The highest BCUT2D eigenvalue weighted by Crippen LogP contribution is 2.34. The largest absolute Gasteiger partial charge is 0.507 e. The van der Waals surface area contributed by atoms with Crippen LogP contribution in [0.25, 0.3) is 11.1 Å². The van der Waals surface area contributed by atoms with Gasteiger partial charge in [-0.25, -0.2) is 0 Å². The van der Waals surface area contributed by atoms with E-state index in [1.165, 1.54) is 42.5 Å². The van der Waals surface area contributed by atoms with Gasteiger partial charge < -0.3 is 9.59 Å². The van der Waals surface area contributed by atoms with E-state index in [4.69, 9.17) is 0 Å². The highest BCUT2D eigenvalue weighted by Gasteiger charge is 2.33. The van der Waals surface area contributed by atoms with Crippen LogP contribution in [0.5, 0.6) is 5.75 Å². The van der Waals surface area contributed by atoms with Crippen molar-refractivity contribution in [1.82, 2.24) is 0 Å². The Morgan fingerprint density at radius 3 is 2.61 bits per heavy atom. The molecule has 1 fully saturated rings. The van der Waals surface area contributed by atoms with Gasteiger partial charge in [-0.2, -0.15) is 0 Å². The fourth-order valence-electron chi connectivity index (χ4n) is 3.95. The van der Waals surface area contributed by atoms with Gasteiger partial charge in [0.25, 0.3) is 0 Å². The lowest BCUT2D eigenvalue weighted by Gasteiger charge is -2.31. The zero-order valence-electron chi connectivity index (χ0n) is 14.5. The number of phenolic OH excluding ortho intramolecular Hbond substituents is 1. The van der Waals surface area contributed by atoms with Gasteiger partial charge in [-0.15, -0.1) is 0 Å². The van der Waals surface area contributed by atoms with E-state index in [1.54, 1.807) is 6.07 Å². The third kappa shape index (κ3) is 3.42. The van der Waals surface area contributed by atoms with E-state index < -0.39 is 0 Å². The van der Waals surface area contributed by atoms with E-state index in [0.29, 0.717) is 5.75 Å². The molecule has 1 aliphatic rings. The highest BCUT2D eigenvalue weighted by atomic mass is 16.3. The lowest BCUT2D eigenvalue weighted by Crippen LogP contribution is -2.44. The van der Waals surface area contributed by atoms with Crippen molar-refractivity contribution < 1.29 is 9.59 Å². The molecule has 2 aromatic rings. The number of hydrogen-bond acceptors (Lipinski definition) is 1. The summed E-state index contributed by atoms with van der Waals surface area (Å²) in [4.78, 5) is 0. The summed E-state index contributed by atoms with van der Waals surface area (Å²) in [6.45, 7) is 3.37. The Hall–Kier alpha value is -1.80. The minimum absolute atomic E-state index is 0.375. The molecule has 2 aromatic carbocycles. The van der Waals surface area contributed by atoms with E-state index in [2.05, 4.69) is 51.4 Å². The summed E-state index contributed by atoms with van der Waals surface area (Å²) in [6.07, 6.45) is 4.98. The Labute approximate surface area is 140 Å². The normalized spacial score (nSPS) is 19.9. The molecule has 1 saturated heterocycles. The van der Waals surface area contributed by atoms with Crippen LogP contribution in [-0.2, 0) is 6.42 Å². The Morgan fingerprint density at radius 1 is 1.09 bits per heavy atom. The second kappa shape index (κ2) is 6.37. The van der Waals surface area contributed by atoms with Crippen molar-refractivity contribution >= 4 is 0 Å². The van der Waals surface area contributed by atoms with E-state index in [9.17, 15) is 5.11 Å². The lowest BCUT2D eigenvalue weighted by atomic mass is 9.93. The van der Waals surface area contributed by atoms with Crippen LogP contribution in [0, 0.1) is 6.92 Å². The molecular weight excluding hydrogens is 282 g/mol. The van der Waals surface area contributed by atoms with Crippen LogP contribution in [0.3, 0.4) is 0 Å². The van der Waals surface area contributed by atoms with Crippen molar-refractivity contribution in [3.63, 3.8) is 0 Å². The Morgan fingerprint density at radius 2 is 1.87 bits per heavy atom. The van der Waals surface area contributed by atoms with E-state index >= 15 is 0 Å². The van der Waals surface area contributed by atoms with E-state index in [-0.39, 0.29) is 0 Å². The summed E-state index contributed by atoms with van der Waals surface area (Å²) < 4.78 is 1.15. The standard InChI is InChI=1S/C21H27NO/c1-16-10-13-21(23)20(15-16)19-9-5-4-7-17(19)11-12-18-8-6-14-22(18,2)3/h4-5,7,9-10,13,15,18H,6,8,11-12,14H2,1-3H3/p+1. The number of aromatic hydroxyl groups is 1. The average molecular weight is 310 g/mol. The number of aryl methyl sites for hydroxylation is 2. The Kier molecular flexibility index (Phi) is 4.45. The van der Waals surface area contributed by atoms with Gasteiger partial charge in [0.05, 0.1) is 26.7 Å². The molecule has 0 saturated carbocycles. The summed E-state index contributed by atoms with van der Waals surface area (Å²) in [7, 11) is 4.71. The molecule has 1 N–H and O–H groups in total. The van der Waals surface area contributed by atoms with Crippen LogP contribution in [0.4, 0.5) is 0 Å². The molecule has 122 valence electrons. The van der Waals surface area contributed by atoms with Crippen molar-refractivity contribution in [2.24, 2.45) is 0 Å². The molecule has 2 heteroatoms. The second-order valence-corrected chi connectivity index (χ2v) is 7.51. The third-order valence-corrected chi connectivity index (χ3v) is 5.47. The van der Waals surface area contributed by atoms with Gasteiger partial charge in [0.15, 0.2) is 0 Å². The maximum atomic E-state index is 10.3. The fraction of sp³-hybridized carbons (Fsp3) is 0.429. The molecule has 0 bridgehead atoms. The minimum atomic E-state index is 0.375. The van der Waals surface area contributed by atoms with Gasteiger partial charge in [-0.3, -0.25) is 0 Å². The van der Waals surface area contributed by atoms with Gasteiger partial charge in [0, 0.05) is 24.8 Å². The van der Waals surface area contributed by atoms with Crippen LogP contribution in [0.2, 0.25) is 0 Å². The summed E-state index contributed by atoms with van der Waals surface area (Å²) in [5.74, 6) is 0.375. The number of hydrogen-bond donors (Lipinski definition) is 1. The van der Waals surface area contributed by atoms with Crippen LogP contribution < -0.4 is 0 Å². The molecule has 1 heterocycles. The van der Waals surface area contributed by atoms with Crippen LogP contribution in [0.15, 0.2) is 42.5 Å². The third-order valence-electron chi connectivity index (χ3n) is 5.47. The van der Waals surface area contributed by atoms with Gasteiger partial charge in [0.1, 0.15) is 5.75 Å². The molecule has 23 heavy (non-hydrogen) atoms. The quantitative estimate of drug-likeness (QED) is 0.822. The first kappa shape index (κ1) is 16.1. The SMILES string of the molecule is Cc1ccc(O)c(-c2ccccc2CCC2CCC[N+]2(C)C)c1. The molecular formula is C21H28NO+. The summed E-state index contributed by atoms with van der Waals surface area (Å²) >= 11 is 0. The van der Waals surface area contributed by atoms with Crippen LogP contribution in [0.1, 0.15) is 30.4 Å². The molecule has 0 radical (unpaired) electrons. The molecule has 0 aromatic heterocycles. The molecule has 1 atom stereocenters. The van der Waals surface area contributed by atoms with Gasteiger partial charge in [-0.1, -0.05) is 35.9 Å². The molecule has 1 unspecified atom stereocenters. The smallest absolute Gasteiger partial charge is 0.123 e. The van der Waals surface area contributed by atoms with E-state index in [0.717, 1.165) is 22.5 Å². The number of likely N-dealkylation sites (tertiary alicyclic amines) is 1. The summed E-state index contributed by atoms with van der Waals surface area (Å²) in [6, 6.07) is 15.1. The van der Waals surface area contributed by atoms with Crippen LogP contribution >= 0.6 is 0 Å². The van der Waals surface area contributed by atoms with Crippen molar-refractivity contribution in [1.29, 1.82) is 0 Å². The first-order chi connectivity index (χ1) is 11.0. The van der Waals surface area contributed by atoms with Crippen molar-refractivity contribution in [3.05, 3.63) is 53.6 Å². The maximum Gasteiger partial charge on any atom is 0.123 e. The van der Waals surface area contributed by atoms with Gasteiger partial charge in [0.2, 0.25) is 0 Å². The zero-order valence-corrected chi connectivity index (χ0v) is 14.5. The minimum Gasteiger partial charge on any atom is -0.507 e. The summed E-state index contributed by atoms with van der Waals surface area (Å²) in [5.41, 5.74) is 4.67. The second-order valence-electron chi connectivity index (χ2n) is 7.51. The van der Waals surface area contributed by atoms with Crippen molar-refractivity contribution in [2.45, 2.75) is 38.6 Å². The molecule has 1 aliphatic heterocycles. The average Bonchev–Trinajstić information content (AvgIpc) is 2.86. The predicted octanol–water partition coefficient (Wildman–Crippen LogP) is 4.54. The Balaban J connectivity index is 1.85. The number of benzene rings is 2. The molecule has 0 aliphatic carbocycles. The Bertz CT molecular complexity index is 690. The first-order valence-electron chi connectivity index (χ1n) is 8.68. The topological polar surface area (TPSA) is 20.2 Å². The zero-order chi connectivity index (χ0) is 16.4. The fourth-order valence-corrected chi connectivity index (χ4v) is 3.95. The van der Waals surface area contributed by atoms with Crippen molar-refractivity contribution in [2.75, 3.05) is 20.6 Å². The first-order valence-corrected chi connectivity index (χ1v) is 8.68. The lowest BCUT2D eigenvalue weighted by molar-refractivity contribution is -0.902. The number of rotatable bonds is 4. The molecule has 2 nitrogen and oxygen atoms in total. The van der Waals surface area contributed by atoms with Gasteiger partial charge in [-0.05, 0) is 36.6 Å². The van der Waals surface area contributed by atoms with Crippen molar-refractivity contribution in [3.8, 4) is 16.9 Å². The molecule has 0 spiro atoms. The number of quaternary nitrogens is 1. The number of nitrogens with zero attached hydrogens (tertiary/aromatic N) is 1. The maximum absolute atomic E-state index is 10.3. The molecule has 3 rings (SSSR count). The van der Waals surface area contributed by atoms with E-state index in [1.807, 2.05) is 6.07 Å².